The zero-order chi connectivity index (χ0) is 25.0. The van der Waals surface area contributed by atoms with E-state index in [9.17, 15) is 18.0 Å². The standard InChI is InChI=1S/C28H24F3N3OS/c1-16-8-9-20(14-23(16)31)32-28(35)34-15-22-21-5-2-3-7-25(21)36-27(22)33-10-4-6-24(33)26(34)17-11-18(29)13-19(30)12-17/h4,6,8-14,26H,2-3,5,7,15H2,1H3,(H,32,35). The number of fused-ring (bicyclic) bond motifs is 5. The number of thiophene rings is 1. The van der Waals surface area contributed by atoms with Crippen LogP contribution < -0.4 is 5.32 Å². The van der Waals surface area contributed by atoms with E-state index in [0.29, 0.717) is 16.8 Å². The van der Waals surface area contributed by atoms with Crippen molar-refractivity contribution in [2.24, 2.45) is 0 Å². The number of hydrogen-bond acceptors (Lipinski definition) is 2. The van der Waals surface area contributed by atoms with Crippen LogP contribution in [0.4, 0.5) is 23.7 Å². The lowest BCUT2D eigenvalue weighted by Gasteiger charge is -2.31. The van der Waals surface area contributed by atoms with E-state index in [-0.39, 0.29) is 6.54 Å². The van der Waals surface area contributed by atoms with Crippen LogP contribution >= 0.6 is 11.3 Å². The highest BCUT2D eigenvalue weighted by atomic mass is 32.1. The van der Waals surface area contributed by atoms with Crippen molar-refractivity contribution in [2.45, 2.75) is 45.2 Å². The van der Waals surface area contributed by atoms with Gasteiger partial charge in [-0.05, 0) is 85.7 Å². The number of amides is 2. The second kappa shape index (κ2) is 8.85. The molecule has 2 aliphatic rings. The van der Waals surface area contributed by atoms with Crippen molar-refractivity contribution in [2.75, 3.05) is 5.32 Å². The van der Waals surface area contributed by atoms with Crippen molar-refractivity contribution in [3.05, 3.63) is 105 Å². The van der Waals surface area contributed by atoms with Gasteiger partial charge in [-0.3, -0.25) is 0 Å². The van der Waals surface area contributed by atoms with E-state index in [1.165, 1.54) is 28.6 Å². The summed E-state index contributed by atoms with van der Waals surface area (Å²) >= 11 is 1.73. The summed E-state index contributed by atoms with van der Waals surface area (Å²) in [6, 6.07) is 10.4. The Labute approximate surface area is 211 Å². The summed E-state index contributed by atoms with van der Waals surface area (Å²) in [6.45, 7) is 1.92. The number of benzene rings is 2. The third kappa shape index (κ3) is 3.89. The van der Waals surface area contributed by atoms with Crippen molar-refractivity contribution in [3.8, 4) is 5.00 Å². The fourth-order valence-corrected chi connectivity index (χ4v) is 6.74. The van der Waals surface area contributed by atoms with Gasteiger partial charge in [0.2, 0.25) is 0 Å². The molecular weight excluding hydrogens is 483 g/mol. The van der Waals surface area contributed by atoms with E-state index in [1.807, 2.05) is 22.9 Å². The summed E-state index contributed by atoms with van der Waals surface area (Å²) in [4.78, 5) is 16.7. The summed E-state index contributed by atoms with van der Waals surface area (Å²) in [6.07, 6.45) is 6.11. The molecule has 8 heteroatoms. The van der Waals surface area contributed by atoms with Gasteiger partial charge in [0.25, 0.3) is 0 Å². The molecule has 1 atom stereocenters. The van der Waals surface area contributed by atoms with E-state index in [4.69, 9.17) is 0 Å². The molecule has 0 saturated heterocycles. The number of aromatic nitrogens is 1. The topological polar surface area (TPSA) is 37.3 Å². The lowest BCUT2D eigenvalue weighted by molar-refractivity contribution is 0.194. The second-order valence-electron chi connectivity index (χ2n) is 9.42. The molecule has 184 valence electrons. The van der Waals surface area contributed by atoms with Gasteiger partial charge < -0.3 is 14.8 Å². The molecule has 1 aliphatic carbocycles. The number of nitrogens with zero attached hydrogens (tertiary/aromatic N) is 2. The number of urea groups is 1. The lowest BCUT2D eigenvalue weighted by atomic mass is 9.95. The van der Waals surface area contributed by atoms with Crippen molar-refractivity contribution < 1.29 is 18.0 Å². The molecule has 0 spiro atoms. The van der Waals surface area contributed by atoms with E-state index < -0.39 is 29.5 Å². The van der Waals surface area contributed by atoms with E-state index in [1.54, 1.807) is 35.3 Å². The highest BCUT2D eigenvalue weighted by Crippen LogP contribution is 2.44. The van der Waals surface area contributed by atoms with Gasteiger partial charge in [-0.25, -0.2) is 18.0 Å². The smallest absolute Gasteiger partial charge is 0.310 e. The maximum Gasteiger partial charge on any atom is 0.322 e. The van der Waals surface area contributed by atoms with Crippen molar-refractivity contribution in [3.63, 3.8) is 0 Å². The monoisotopic (exact) mass is 507 g/mol. The normalized spacial score (nSPS) is 16.7. The number of rotatable bonds is 2. The zero-order valence-electron chi connectivity index (χ0n) is 19.7. The number of hydrogen-bond donors (Lipinski definition) is 1. The summed E-state index contributed by atoms with van der Waals surface area (Å²) in [5, 5.41) is 3.86. The van der Waals surface area contributed by atoms with Gasteiger partial charge in [0.15, 0.2) is 0 Å². The largest absolute Gasteiger partial charge is 0.322 e. The Balaban J connectivity index is 1.51. The van der Waals surface area contributed by atoms with E-state index >= 15 is 0 Å². The molecular formula is C28H24F3N3OS. The molecule has 2 amide bonds. The minimum atomic E-state index is -0.751. The number of nitrogens with one attached hydrogen (secondary N) is 1. The number of aryl methyl sites for hydroxylation is 2. The Morgan fingerprint density at radius 3 is 2.56 bits per heavy atom. The molecule has 0 fully saturated rings. The summed E-state index contributed by atoms with van der Waals surface area (Å²) < 4.78 is 45.0. The van der Waals surface area contributed by atoms with Gasteiger partial charge in [-0.1, -0.05) is 6.07 Å². The maximum absolute atomic E-state index is 14.4. The third-order valence-corrected chi connectivity index (χ3v) is 8.40. The van der Waals surface area contributed by atoms with Gasteiger partial charge in [0, 0.05) is 28.4 Å². The summed E-state index contributed by atoms with van der Waals surface area (Å²) in [5.41, 5.74) is 4.20. The fourth-order valence-electron chi connectivity index (χ4n) is 5.34. The van der Waals surface area contributed by atoms with Gasteiger partial charge >= 0.3 is 6.03 Å². The van der Waals surface area contributed by atoms with Crippen LogP contribution in [0, 0.1) is 24.4 Å². The van der Waals surface area contributed by atoms with Crippen LogP contribution in [0.25, 0.3) is 5.00 Å². The molecule has 6 rings (SSSR count). The van der Waals surface area contributed by atoms with Crippen molar-refractivity contribution >= 4 is 23.1 Å². The minimum Gasteiger partial charge on any atom is -0.310 e. The predicted octanol–water partition coefficient (Wildman–Crippen LogP) is 7.28. The molecule has 4 aromatic rings. The van der Waals surface area contributed by atoms with Crippen molar-refractivity contribution in [1.82, 2.24) is 9.47 Å². The Kier molecular flexibility index (Phi) is 5.63. The van der Waals surface area contributed by atoms with Crippen LogP contribution in [-0.2, 0) is 19.4 Å². The van der Waals surface area contributed by atoms with Crippen LogP contribution in [0.1, 0.15) is 51.7 Å². The fraction of sp³-hybridized carbons (Fsp3) is 0.250. The quantitative estimate of drug-likeness (QED) is 0.304. The highest BCUT2D eigenvalue weighted by Gasteiger charge is 2.36. The zero-order valence-corrected chi connectivity index (χ0v) is 20.5. The first kappa shape index (κ1) is 22.9. The Morgan fingerprint density at radius 2 is 1.78 bits per heavy atom. The van der Waals surface area contributed by atoms with Gasteiger partial charge in [-0.2, -0.15) is 0 Å². The first-order valence-electron chi connectivity index (χ1n) is 12.0. The molecule has 0 saturated carbocycles. The summed E-state index contributed by atoms with van der Waals surface area (Å²) in [5.74, 6) is -1.84. The SMILES string of the molecule is Cc1ccc(NC(=O)N2Cc3c(sc4c3CCCC4)-n3cccc3C2c2cc(F)cc(F)c2)cc1F. The molecule has 1 aliphatic heterocycles. The molecule has 2 aromatic heterocycles. The molecule has 36 heavy (non-hydrogen) atoms. The maximum atomic E-state index is 14.4. The number of halogens is 3. The second-order valence-corrected chi connectivity index (χ2v) is 10.5. The molecule has 0 bridgehead atoms. The van der Waals surface area contributed by atoms with E-state index in [2.05, 4.69) is 5.32 Å². The van der Waals surface area contributed by atoms with E-state index in [0.717, 1.165) is 48.0 Å². The molecule has 3 heterocycles. The molecule has 1 unspecified atom stereocenters. The third-order valence-electron chi connectivity index (χ3n) is 7.06. The van der Waals surface area contributed by atoms with Crippen LogP contribution in [0.15, 0.2) is 54.7 Å². The minimum absolute atomic E-state index is 0.270. The van der Waals surface area contributed by atoms with Gasteiger partial charge in [0.05, 0.1) is 12.2 Å². The first-order valence-corrected chi connectivity index (χ1v) is 12.8. The van der Waals surface area contributed by atoms with Crippen molar-refractivity contribution in [1.29, 1.82) is 0 Å². The van der Waals surface area contributed by atoms with Crippen LogP contribution in [0.2, 0.25) is 0 Å². The highest BCUT2D eigenvalue weighted by molar-refractivity contribution is 7.15. The average molecular weight is 508 g/mol. The summed E-state index contributed by atoms with van der Waals surface area (Å²) in [7, 11) is 0. The molecule has 2 aromatic carbocycles. The number of carbonyl (C=O) groups excluding carboxylic acids is 1. The number of carbonyl (C=O) groups is 1. The van der Waals surface area contributed by atoms with Gasteiger partial charge in [-0.15, -0.1) is 11.3 Å². The van der Waals surface area contributed by atoms with Crippen LogP contribution in [0.5, 0.6) is 0 Å². The Bertz CT molecular complexity index is 1470. The van der Waals surface area contributed by atoms with Crippen LogP contribution in [-0.4, -0.2) is 15.5 Å². The number of anilines is 1. The molecule has 4 nitrogen and oxygen atoms in total. The first-order chi connectivity index (χ1) is 17.4. The lowest BCUT2D eigenvalue weighted by Crippen LogP contribution is -2.38. The van der Waals surface area contributed by atoms with Crippen LogP contribution in [0.3, 0.4) is 0 Å². The average Bonchev–Trinajstić information content (AvgIpc) is 3.42. The predicted molar refractivity (Wildman–Crippen MR) is 134 cm³/mol. The Hall–Kier alpha value is -3.52. The molecule has 0 radical (unpaired) electrons. The Morgan fingerprint density at radius 1 is 1.00 bits per heavy atom. The molecule has 1 N–H and O–H groups in total. The van der Waals surface area contributed by atoms with Gasteiger partial charge in [0.1, 0.15) is 28.5 Å².